The molecule has 2 aromatic heterocycles. The van der Waals surface area contributed by atoms with E-state index in [4.69, 9.17) is 9.47 Å². The third kappa shape index (κ3) is 8.27. The highest BCUT2D eigenvalue weighted by Gasteiger charge is 2.24. The topological polar surface area (TPSA) is 103 Å². The van der Waals surface area contributed by atoms with E-state index in [9.17, 15) is 13.6 Å². The fourth-order valence-electron chi connectivity index (χ4n) is 4.55. The zero-order chi connectivity index (χ0) is 30.3. The predicted octanol–water partition coefficient (Wildman–Crippen LogP) is 5.72. The van der Waals surface area contributed by atoms with Gasteiger partial charge in [0.05, 0.1) is 26.0 Å². The van der Waals surface area contributed by atoms with Gasteiger partial charge in [0.1, 0.15) is 17.3 Å². The average molecular weight is 583 g/mol. The Kier molecular flexibility index (Phi) is 9.76. The molecule has 42 heavy (non-hydrogen) atoms. The zero-order valence-corrected chi connectivity index (χ0v) is 24.3. The van der Waals surface area contributed by atoms with Crippen LogP contribution in [0.4, 0.5) is 19.4 Å². The van der Waals surface area contributed by atoms with Crippen molar-refractivity contribution in [2.24, 2.45) is 4.99 Å². The minimum Gasteiger partial charge on any atom is -0.479 e. The molecule has 12 heteroatoms. The van der Waals surface area contributed by atoms with Gasteiger partial charge in [-0.15, -0.1) is 0 Å². The maximum atomic E-state index is 13.1. The Balaban J connectivity index is 1.39. The number of alkyl halides is 2. The van der Waals surface area contributed by atoms with Crippen molar-refractivity contribution in [2.45, 2.75) is 52.3 Å². The Bertz CT molecular complexity index is 1410. The molecule has 1 fully saturated rings. The van der Waals surface area contributed by atoms with Crippen molar-refractivity contribution >= 4 is 23.5 Å². The van der Waals surface area contributed by atoms with Crippen LogP contribution < -0.4 is 10.1 Å². The molecule has 224 valence electrons. The van der Waals surface area contributed by atoms with Gasteiger partial charge in [0.15, 0.2) is 0 Å². The van der Waals surface area contributed by atoms with E-state index in [0.717, 1.165) is 29.9 Å². The zero-order valence-electron chi connectivity index (χ0n) is 24.3. The summed E-state index contributed by atoms with van der Waals surface area (Å²) in [7, 11) is 1.50. The molecule has 10 nitrogen and oxygen atoms in total. The Hall–Kier alpha value is -4.48. The van der Waals surface area contributed by atoms with Gasteiger partial charge in [-0.25, -0.2) is 14.8 Å². The molecule has 1 amide bonds. The van der Waals surface area contributed by atoms with E-state index >= 15 is 0 Å². The van der Waals surface area contributed by atoms with Gasteiger partial charge in [0, 0.05) is 37.9 Å². The summed E-state index contributed by atoms with van der Waals surface area (Å²) in [6.07, 6.45) is -0.154. The number of aryl methyl sites for hydroxylation is 1. The van der Waals surface area contributed by atoms with Crippen LogP contribution in [0, 0.1) is 6.92 Å². The monoisotopic (exact) mass is 582 g/mol. The number of carbonyl (C=O) groups excluding carboxylic acids is 1. The first kappa shape index (κ1) is 30.5. The van der Waals surface area contributed by atoms with Gasteiger partial charge < -0.3 is 24.4 Å². The molecule has 1 saturated heterocycles. The van der Waals surface area contributed by atoms with Gasteiger partial charge >= 0.3 is 12.2 Å². The second-order valence-corrected chi connectivity index (χ2v) is 9.98. The number of nitrogens with zero attached hydrogens (tertiary/aromatic N) is 5. The third-order valence-corrected chi connectivity index (χ3v) is 6.64. The number of nitrogens with one attached hydrogen (secondary N) is 1. The lowest BCUT2D eigenvalue weighted by Gasteiger charge is -2.31. The van der Waals surface area contributed by atoms with Crippen LogP contribution in [0.25, 0.3) is 5.70 Å². The number of hydrogen-bond donors (Lipinski definition) is 1. The van der Waals surface area contributed by atoms with Crippen molar-refractivity contribution < 1.29 is 27.8 Å². The number of amides is 1. The molecule has 3 aromatic rings. The lowest BCUT2D eigenvalue weighted by atomic mass is 10.1. The number of carbonyl (C=O) groups is 1. The van der Waals surface area contributed by atoms with E-state index in [0.29, 0.717) is 50.1 Å². The SMILES string of the molecule is C=C(N=C(OC)c1cc(C)n(Cc2ccnc(NC3CCN(C(=O)OCC)CC3)c2)n1)c1ccc(OC(C)(F)F)cc1. The summed E-state index contributed by atoms with van der Waals surface area (Å²) in [5, 5.41) is 8.17. The van der Waals surface area contributed by atoms with Crippen molar-refractivity contribution in [1.29, 1.82) is 0 Å². The van der Waals surface area contributed by atoms with Crippen LogP contribution in [0.1, 0.15) is 49.2 Å². The molecular formula is C30H36F2N6O4. The minimum atomic E-state index is -3.27. The van der Waals surface area contributed by atoms with Crippen LogP contribution in [0.2, 0.25) is 0 Å². The molecule has 0 radical (unpaired) electrons. The van der Waals surface area contributed by atoms with E-state index in [1.165, 1.54) is 19.2 Å². The number of ether oxygens (including phenoxy) is 3. The van der Waals surface area contributed by atoms with Gasteiger partial charge in [-0.3, -0.25) is 4.68 Å². The van der Waals surface area contributed by atoms with Crippen molar-refractivity contribution in [2.75, 3.05) is 32.1 Å². The molecule has 1 aliphatic heterocycles. The largest absolute Gasteiger partial charge is 0.479 e. The maximum absolute atomic E-state index is 13.1. The molecule has 0 atom stereocenters. The van der Waals surface area contributed by atoms with E-state index in [2.05, 4.69) is 31.7 Å². The van der Waals surface area contributed by atoms with Crippen molar-refractivity contribution in [3.05, 3.63) is 77.8 Å². The highest BCUT2D eigenvalue weighted by molar-refractivity contribution is 5.95. The molecule has 0 bridgehead atoms. The van der Waals surface area contributed by atoms with Gasteiger partial charge in [0.2, 0.25) is 5.90 Å². The highest BCUT2D eigenvalue weighted by atomic mass is 19.3. The second-order valence-electron chi connectivity index (χ2n) is 9.98. The summed E-state index contributed by atoms with van der Waals surface area (Å²) >= 11 is 0. The van der Waals surface area contributed by atoms with E-state index in [-0.39, 0.29) is 23.8 Å². The van der Waals surface area contributed by atoms with Crippen molar-refractivity contribution in [1.82, 2.24) is 19.7 Å². The Morgan fingerprint density at radius 1 is 1.19 bits per heavy atom. The summed E-state index contributed by atoms with van der Waals surface area (Å²) in [5.74, 6) is 1.08. The number of pyridine rings is 1. The van der Waals surface area contributed by atoms with Crippen LogP contribution in [-0.4, -0.2) is 70.6 Å². The maximum Gasteiger partial charge on any atom is 0.409 e. The number of benzene rings is 1. The number of hydrogen-bond acceptors (Lipinski definition) is 8. The third-order valence-electron chi connectivity index (χ3n) is 6.64. The summed E-state index contributed by atoms with van der Waals surface area (Å²) in [4.78, 5) is 22.7. The van der Waals surface area contributed by atoms with Gasteiger partial charge in [-0.1, -0.05) is 6.58 Å². The number of methoxy groups -OCH3 is 1. The Morgan fingerprint density at radius 3 is 2.55 bits per heavy atom. The van der Waals surface area contributed by atoms with Crippen LogP contribution in [0.3, 0.4) is 0 Å². The summed E-state index contributed by atoms with van der Waals surface area (Å²) in [5.41, 5.74) is 3.44. The van der Waals surface area contributed by atoms with Crippen molar-refractivity contribution in [3.63, 3.8) is 0 Å². The summed E-state index contributed by atoms with van der Waals surface area (Å²) in [6, 6.07) is 12.1. The number of rotatable bonds is 10. The van der Waals surface area contributed by atoms with E-state index in [1.54, 1.807) is 30.2 Å². The lowest BCUT2D eigenvalue weighted by Crippen LogP contribution is -2.42. The smallest absolute Gasteiger partial charge is 0.409 e. The normalized spacial score (nSPS) is 14.4. The molecule has 1 aromatic carbocycles. The van der Waals surface area contributed by atoms with Crippen molar-refractivity contribution in [3.8, 4) is 5.75 Å². The number of aliphatic imine (C=N–C) groups is 1. The van der Waals surface area contributed by atoms with Crippen LogP contribution >= 0.6 is 0 Å². The standard InChI is InChI=1S/C30H36F2N6O4/c1-6-41-29(39)37-15-12-24(13-16-37)35-27-18-22(11-14-33-27)19-38-20(2)17-26(36-38)28(40-5)34-21(3)23-7-9-25(10-8-23)42-30(4,31)32/h7-11,14,17-18,24H,3,6,12-13,15-16,19H2,1-2,4-5H3,(H,33,35). The summed E-state index contributed by atoms with van der Waals surface area (Å²) < 4.78 is 43.2. The van der Waals surface area contributed by atoms with Gasteiger partial charge in [-0.05, 0) is 80.3 Å². The van der Waals surface area contributed by atoms with Gasteiger partial charge in [0.25, 0.3) is 0 Å². The molecule has 0 spiro atoms. The molecule has 0 aliphatic carbocycles. The van der Waals surface area contributed by atoms with E-state index < -0.39 is 6.11 Å². The second kappa shape index (κ2) is 13.5. The minimum absolute atomic E-state index is 0.0400. The van der Waals surface area contributed by atoms with E-state index in [1.807, 2.05) is 29.8 Å². The first-order valence-corrected chi connectivity index (χ1v) is 13.7. The quantitative estimate of drug-likeness (QED) is 0.241. The average Bonchev–Trinajstić information content (AvgIpc) is 3.31. The molecular weight excluding hydrogens is 546 g/mol. The first-order valence-electron chi connectivity index (χ1n) is 13.7. The molecule has 3 heterocycles. The molecule has 1 N–H and O–H groups in total. The first-order chi connectivity index (χ1) is 20.0. The fraction of sp³-hybridized carbons (Fsp3) is 0.400. The number of aromatic nitrogens is 3. The molecule has 1 aliphatic rings. The number of piperidine rings is 1. The Labute approximate surface area is 244 Å². The molecule has 4 rings (SSSR count). The van der Waals surface area contributed by atoms with Gasteiger partial charge in [-0.2, -0.15) is 13.9 Å². The van der Waals surface area contributed by atoms with Crippen LogP contribution in [-0.2, 0) is 16.0 Å². The number of likely N-dealkylation sites (tertiary alicyclic amines) is 1. The lowest BCUT2D eigenvalue weighted by molar-refractivity contribution is -0.158. The highest BCUT2D eigenvalue weighted by Crippen LogP contribution is 2.24. The predicted molar refractivity (Wildman–Crippen MR) is 156 cm³/mol. The molecule has 0 unspecified atom stereocenters. The Morgan fingerprint density at radius 2 is 1.90 bits per heavy atom. The fourth-order valence-corrected chi connectivity index (χ4v) is 4.55. The van der Waals surface area contributed by atoms with Crippen LogP contribution in [0.5, 0.6) is 5.75 Å². The number of halogens is 2. The van der Waals surface area contributed by atoms with Crippen LogP contribution in [0.15, 0.2) is 60.2 Å². The number of anilines is 1. The summed E-state index contributed by atoms with van der Waals surface area (Å²) in [6.45, 7) is 10.6. The molecule has 0 saturated carbocycles.